The molecule has 0 spiro atoms. The Hall–Kier alpha value is -7.01. The Balaban J connectivity index is 0.000000135. The number of nitrogens with zero attached hydrogens (tertiary/aromatic N) is 4. The molecule has 0 atom stereocenters. The molecule has 0 bridgehead atoms. The molecule has 4 N–H and O–H groups in total. The SMILES string of the molecule is C.CC1(C)OB(/C=C/c2cccc(N3CCOCC3)c2)OC1(C)C.O=C1NCCCc2nc3c(ccc4c[nH]c(/C=C/c5cccc(N6CCOCC6)c5)cc43)c21.O=C1NCCCc2nc3c(ccc4c[nH]c(Cl)cc43)c21. The van der Waals surface area contributed by atoms with E-state index in [1.807, 2.05) is 42.6 Å². The van der Waals surface area contributed by atoms with Crippen LogP contribution in [-0.2, 0) is 31.6 Å². The van der Waals surface area contributed by atoms with Gasteiger partial charge in [0, 0.05) is 95.7 Å². The number of nitrogens with one attached hydrogen (secondary N) is 4. The fourth-order valence-electron chi connectivity index (χ4n) is 10.5. The first-order valence-corrected chi connectivity index (χ1v) is 26.9. The minimum Gasteiger partial charge on any atom is -0.400 e. The summed E-state index contributed by atoms with van der Waals surface area (Å²) in [7, 11) is -0.299. The van der Waals surface area contributed by atoms with Crippen LogP contribution in [0, 0.1) is 0 Å². The van der Waals surface area contributed by atoms with Crippen molar-refractivity contribution in [2.24, 2.45) is 0 Å². The number of halogens is 1. The first-order valence-electron chi connectivity index (χ1n) is 26.5. The van der Waals surface area contributed by atoms with Crippen molar-refractivity contribution in [3.8, 4) is 0 Å². The predicted molar refractivity (Wildman–Crippen MR) is 313 cm³/mol. The Bertz CT molecular complexity index is 3510. The summed E-state index contributed by atoms with van der Waals surface area (Å²) >= 11 is 6.04. The monoisotopic (exact) mass is 1050 g/mol. The molecule has 398 valence electrons. The first kappa shape index (κ1) is 53.4. The van der Waals surface area contributed by atoms with Crippen molar-refractivity contribution in [3.05, 3.63) is 148 Å². The van der Waals surface area contributed by atoms with Gasteiger partial charge in [0.05, 0.1) is 71.2 Å². The Morgan fingerprint density at radius 1 is 0.597 bits per heavy atom. The van der Waals surface area contributed by atoms with Crippen LogP contribution < -0.4 is 20.4 Å². The molecule has 9 heterocycles. The highest BCUT2D eigenvalue weighted by Gasteiger charge is 2.50. The molecule has 5 aliphatic rings. The zero-order valence-electron chi connectivity index (χ0n) is 43.6. The number of aromatic nitrogens is 4. The van der Waals surface area contributed by atoms with E-state index in [9.17, 15) is 9.59 Å². The fourth-order valence-corrected chi connectivity index (χ4v) is 10.7. The molecule has 14 nitrogen and oxygen atoms in total. The lowest BCUT2D eigenvalue weighted by Crippen LogP contribution is -2.41. The van der Waals surface area contributed by atoms with Crippen LogP contribution >= 0.6 is 11.6 Å². The number of hydrogen-bond acceptors (Lipinski definition) is 10. The Morgan fingerprint density at radius 2 is 1.09 bits per heavy atom. The number of aryl methyl sites for hydroxylation is 2. The summed E-state index contributed by atoms with van der Waals surface area (Å²) in [4.78, 5) is 45.5. The van der Waals surface area contributed by atoms with Crippen molar-refractivity contribution < 1.29 is 28.4 Å². The zero-order chi connectivity index (χ0) is 52.4. The third kappa shape index (κ3) is 11.5. The molecule has 8 aromatic rings. The number of rotatable bonds is 6. The quantitative estimate of drug-likeness (QED) is 0.0933. The smallest absolute Gasteiger partial charge is 0.400 e. The van der Waals surface area contributed by atoms with Crippen molar-refractivity contribution in [2.75, 3.05) is 75.5 Å². The van der Waals surface area contributed by atoms with E-state index in [1.165, 1.54) is 11.4 Å². The van der Waals surface area contributed by atoms with Gasteiger partial charge in [-0.3, -0.25) is 19.6 Å². The molecule has 2 amide bonds. The number of carbonyl (C=O) groups is 2. The number of amides is 2. The molecule has 3 saturated heterocycles. The van der Waals surface area contributed by atoms with Crippen LogP contribution in [0.25, 0.3) is 61.6 Å². The van der Waals surface area contributed by atoms with Crippen LogP contribution in [0.5, 0.6) is 0 Å². The summed E-state index contributed by atoms with van der Waals surface area (Å²) < 4.78 is 22.9. The standard InChI is InChI=1S/C27H26N4O2.C18H26BNO3.C15H12ClN3O.CH4/c32-27-25-22-9-7-19-17-29-20(16-23(19)26(22)30-24(25)5-2-10-28-27)8-6-18-3-1-4-21(15-18)31-11-13-33-14-12-31;1-17(2)18(3,4)23-19(22-17)9-8-15-6-5-7-16(14-15)20-10-12-21-13-11-20;16-12-6-10-8(7-18-12)3-4-9-13-11(19-14(9)10)2-1-5-17-15(13)20;/h1,3-4,6-9,15-17,29H,2,5,10-14H2,(H,28,32);5-9,14H,10-13H2,1-4H3;3-4,6-7,18H,1-2,5H2,(H,17,20);1H4/b8-6+;9-8+;;. The van der Waals surface area contributed by atoms with Gasteiger partial charge >= 0.3 is 7.12 Å². The minimum absolute atomic E-state index is 0. The number of fused-ring (bicyclic) bond motifs is 10. The highest BCUT2D eigenvalue weighted by Crippen LogP contribution is 2.38. The van der Waals surface area contributed by atoms with E-state index in [2.05, 4.69) is 137 Å². The number of pyridine rings is 2. The molecule has 4 aromatic heterocycles. The minimum atomic E-state index is -0.299. The fraction of sp³-hybridized carbons (Fsp3) is 0.344. The van der Waals surface area contributed by atoms with Crippen LogP contribution in [0.1, 0.15) is 96.9 Å². The van der Waals surface area contributed by atoms with E-state index in [0.717, 1.165) is 161 Å². The average Bonchev–Trinajstić information content (AvgIpc) is 3.98. The number of aromatic amines is 2. The van der Waals surface area contributed by atoms with Crippen molar-refractivity contribution in [2.45, 2.75) is 72.0 Å². The van der Waals surface area contributed by atoms with Crippen LogP contribution in [0.2, 0.25) is 5.15 Å². The molecular weight excluding hydrogens is 987 g/mol. The van der Waals surface area contributed by atoms with Gasteiger partial charge in [0.2, 0.25) is 0 Å². The normalized spacial score (nSPS) is 18.2. The second kappa shape index (κ2) is 22.9. The highest BCUT2D eigenvalue weighted by atomic mass is 35.5. The van der Waals surface area contributed by atoms with Gasteiger partial charge in [-0.2, -0.15) is 0 Å². The van der Waals surface area contributed by atoms with Crippen molar-refractivity contribution in [1.29, 1.82) is 0 Å². The number of benzene rings is 4. The van der Waals surface area contributed by atoms with E-state index < -0.39 is 0 Å². The summed E-state index contributed by atoms with van der Waals surface area (Å²) in [5.74, 6) is 1.97. The predicted octanol–water partition coefficient (Wildman–Crippen LogP) is 11.2. The lowest BCUT2D eigenvalue weighted by Gasteiger charge is -2.32. The summed E-state index contributed by atoms with van der Waals surface area (Å²) in [6.07, 6.45) is 13.7. The molecule has 77 heavy (non-hydrogen) atoms. The van der Waals surface area contributed by atoms with Crippen LogP contribution in [-0.4, -0.2) is 116 Å². The van der Waals surface area contributed by atoms with Gasteiger partial charge in [0.25, 0.3) is 11.8 Å². The van der Waals surface area contributed by atoms with E-state index in [1.54, 1.807) is 0 Å². The van der Waals surface area contributed by atoms with Gasteiger partial charge in [-0.25, -0.2) is 0 Å². The summed E-state index contributed by atoms with van der Waals surface area (Å²) in [5, 5.41) is 12.5. The summed E-state index contributed by atoms with van der Waals surface area (Å²) in [5.41, 5.74) is 10.2. The van der Waals surface area contributed by atoms with Crippen molar-refractivity contribution in [3.63, 3.8) is 0 Å². The number of anilines is 2. The van der Waals surface area contributed by atoms with E-state index in [4.69, 9.17) is 40.4 Å². The molecule has 0 aliphatic carbocycles. The number of ether oxygens (including phenoxy) is 2. The number of hydrogen-bond donors (Lipinski definition) is 4. The van der Waals surface area contributed by atoms with Gasteiger partial charge in [-0.15, -0.1) is 0 Å². The molecule has 13 rings (SSSR count). The lowest BCUT2D eigenvalue weighted by atomic mass is 9.89. The maximum atomic E-state index is 12.6. The van der Waals surface area contributed by atoms with Crippen LogP contribution in [0.4, 0.5) is 11.4 Å². The molecule has 5 aliphatic heterocycles. The number of carbonyl (C=O) groups excluding carboxylic acids is 2. The van der Waals surface area contributed by atoms with Crippen LogP contribution in [0.3, 0.4) is 0 Å². The van der Waals surface area contributed by atoms with Crippen molar-refractivity contribution >= 4 is 103 Å². The lowest BCUT2D eigenvalue weighted by molar-refractivity contribution is 0.00578. The Kier molecular flexibility index (Phi) is 15.9. The molecule has 3 fully saturated rings. The average molecular weight is 1060 g/mol. The second-order valence-electron chi connectivity index (χ2n) is 20.9. The van der Waals surface area contributed by atoms with Crippen molar-refractivity contribution in [1.82, 2.24) is 30.6 Å². The molecule has 0 radical (unpaired) electrons. The highest BCUT2D eigenvalue weighted by molar-refractivity contribution is 6.52. The Morgan fingerprint density at radius 3 is 1.62 bits per heavy atom. The maximum Gasteiger partial charge on any atom is 0.487 e. The largest absolute Gasteiger partial charge is 0.487 e. The van der Waals surface area contributed by atoms with Gasteiger partial charge in [-0.1, -0.05) is 85.7 Å². The molecular formula is C61H68BClN8O6. The zero-order valence-corrected chi connectivity index (χ0v) is 44.4. The van der Waals surface area contributed by atoms with E-state index >= 15 is 0 Å². The molecule has 16 heteroatoms. The topological polar surface area (TPSA) is 159 Å². The molecule has 4 aromatic carbocycles. The summed E-state index contributed by atoms with van der Waals surface area (Å²) in [6.45, 7) is 16.6. The second-order valence-corrected chi connectivity index (χ2v) is 21.3. The van der Waals surface area contributed by atoms with Gasteiger partial charge < -0.3 is 49.2 Å². The molecule has 0 saturated carbocycles. The van der Waals surface area contributed by atoms with Gasteiger partial charge in [-0.05, 0) is 112 Å². The van der Waals surface area contributed by atoms with Gasteiger partial charge in [0.15, 0.2) is 0 Å². The third-order valence-electron chi connectivity index (χ3n) is 15.3. The maximum absolute atomic E-state index is 12.6. The van der Waals surface area contributed by atoms with E-state index in [0.29, 0.717) is 18.2 Å². The third-order valence-corrected chi connectivity index (χ3v) is 15.5. The molecule has 0 unspecified atom stereocenters. The summed E-state index contributed by atoms with van der Waals surface area (Å²) in [6, 6.07) is 29.2. The Labute approximate surface area is 455 Å². The first-order chi connectivity index (χ1) is 36.9. The number of morpholine rings is 2. The van der Waals surface area contributed by atoms with Gasteiger partial charge in [0.1, 0.15) is 5.15 Å². The van der Waals surface area contributed by atoms with E-state index in [-0.39, 0.29) is 37.6 Å². The number of H-pyrrole nitrogens is 2. The van der Waals surface area contributed by atoms with Crippen LogP contribution in [0.15, 0.2) is 103 Å².